The minimum Gasteiger partial charge on any atom is -0.339 e. The summed E-state index contributed by atoms with van der Waals surface area (Å²) in [6.45, 7) is 0.974. The summed E-state index contributed by atoms with van der Waals surface area (Å²) >= 11 is 0. The predicted molar refractivity (Wildman–Crippen MR) is 93.2 cm³/mol. The van der Waals surface area contributed by atoms with Gasteiger partial charge in [0.25, 0.3) is 0 Å². The van der Waals surface area contributed by atoms with Gasteiger partial charge < -0.3 is 10.6 Å². The van der Waals surface area contributed by atoms with Gasteiger partial charge in [-0.05, 0) is 17.7 Å². The number of hydrogen-bond acceptors (Lipinski definition) is 4. The smallest absolute Gasteiger partial charge is 0.339 e. The van der Waals surface area contributed by atoms with Crippen molar-refractivity contribution in [1.82, 2.24) is 19.1 Å². The van der Waals surface area contributed by atoms with Gasteiger partial charge in [0, 0.05) is 31.2 Å². The zero-order valence-electron chi connectivity index (χ0n) is 13.7. The normalized spacial score (nSPS) is 20.3. The number of benzene rings is 1. The summed E-state index contributed by atoms with van der Waals surface area (Å²) in [5, 5.41) is 4.21. The lowest BCUT2D eigenvalue weighted by Gasteiger charge is -2.16. The highest BCUT2D eigenvalue weighted by atomic mass is 16.2. The highest BCUT2D eigenvalue weighted by molar-refractivity contribution is 5.76. The quantitative estimate of drug-likeness (QED) is 0.752. The summed E-state index contributed by atoms with van der Waals surface area (Å²) < 4.78 is 2.63. The van der Waals surface area contributed by atoms with Crippen LogP contribution in [0.25, 0.3) is 5.65 Å². The molecule has 1 amide bonds. The molecule has 1 fully saturated rings. The Labute approximate surface area is 144 Å². The molecule has 1 aliphatic heterocycles. The largest absolute Gasteiger partial charge is 0.350 e. The van der Waals surface area contributed by atoms with Crippen LogP contribution in [0.4, 0.5) is 0 Å². The van der Waals surface area contributed by atoms with Crippen molar-refractivity contribution in [2.75, 3.05) is 13.1 Å². The number of pyridine rings is 1. The number of fused-ring (bicyclic) bond motifs is 1. The number of nitrogens with two attached hydrogens (primary N) is 1. The van der Waals surface area contributed by atoms with E-state index in [1.165, 1.54) is 9.08 Å². The molecule has 0 spiro atoms. The number of carbonyl (C=O) groups excluding carboxylic acids is 1. The minimum atomic E-state index is -0.313. The van der Waals surface area contributed by atoms with Gasteiger partial charge in [-0.25, -0.2) is 9.48 Å². The van der Waals surface area contributed by atoms with E-state index >= 15 is 0 Å². The molecule has 0 unspecified atom stereocenters. The fraction of sp³-hybridized carbons (Fsp3) is 0.278. The monoisotopic (exact) mass is 337 g/mol. The maximum absolute atomic E-state index is 12.6. The first-order valence-corrected chi connectivity index (χ1v) is 8.26. The maximum Gasteiger partial charge on any atom is 0.350 e. The molecule has 0 aliphatic carbocycles. The summed E-state index contributed by atoms with van der Waals surface area (Å²) in [6, 6.07) is 15.2. The van der Waals surface area contributed by atoms with Crippen LogP contribution < -0.4 is 11.4 Å². The van der Waals surface area contributed by atoms with Gasteiger partial charge in [-0.2, -0.15) is 0 Å². The van der Waals surface area contributed by atoms with Crippen LogP contribution in [-0.2, 0) is 11.3 Å². The van der Waals surface area contributed by atoms with Crippen molar-refractivity contribution in [3.8, 4) is 0 Å². The number of amides is 1. The van der Waals surface area contributed by atoms with E-state index in [-0.39, 0.29) is 30.1 Å². The molecule has 1 aromatic carbocycles. The Hall–Kier alpha value is -2.93. The second-order valence-electron chi connectivity index (χ2n) is 6.35. The summed E-state index contributed by atoms with van der Waals surface area (Å²) in [5.74, 6) is -0.0256. The zero-order chi connectivity index (χ0) is 17.4. The van der Waals surface area contributed by atoms with Gasteiger partial charge in [-0.1, -0.05) is 36.4 Å². The first kappa shape index (κ1) is 15.6. The van der Waals surface area contributed by atoms with Crippen LogP contribution in [0.15, 0.2) is 59.5 Å². The van der Waals surface area contributed by atoms with Crippen LogP contribution >= 0.6 is 0 Å². The topological polar surface area (TPSA) is 85.6 Å². The molecule has 1 aliphatic rings. The lowest BCUT2D eigenvalue weighted by Crippen LogP contribution is -2.36. The molecule has 0 bridgehead atoms. The van der Waals surface area contributed by atoms with Crippen LogP contribution in [0.1, 0.15) is 11.5 Å². The van der Waals surface area contributed by atoms with E-state index in [0.717, 1.165) is 5.56 Å². The summed E-state index contributed by atoms with van der Waals surface area (Å²) in [4.78, 5) is 26.6. The van der Waals surface area contributed by atoms with Gasteiger partial charge in [0.1, 0.15) is 6.54 Å². The third-order valence-corrected chi connectivity index (χ3v) is 4.72. The molecule has 2 aromatic heterocycles. The van der Waals surface area contributed by atoms with Crippen LogP contribution in [-0.4, -0.2) is 44.1 Å². The van der Waals surface area contributed by atoms with Gasteiger partial charge in [-0.3, -0.25) is 9.20 Å². The Morgan fingerprint density at radius 3 is 2.64 bits per heavy atom. The first-order chi connectivity index (χ1) is 12.1. The molecule has 7 heteroatoms. The number of rotatable bonds is 3. The van der Waals surface area contributed by atoms with Crippen molar-refractivity contribution in [2.45, 2.75) is 18.5 Å². The number of carbonyl (C=O) groups is 1. The minimum absolute atomic E-state index is 0.0747. The standard InChI is InChI=1S/C18H19N5O2/c19-15-11-21(10-14(15)13-6-2-1-3-7-13)17(24)12-23-18(25)22-9-5-4-8-16(22)20-23/h1-9,14-15H,10-12,19H2/t14-,15+/m0/s1. The maximum atomic E-state index is 12.6. The van der Waals surface area contributed by atoms with Gasteiger partial charge in [0.2, 0.25) is 5.91 Å². The lowest BCUT2D eigenvalue weighted by atomic mass is 9.95. The third kappa shape index (κ3) is 2.83. The van der Waals surface area contributed by atoms with E-state index in [9.17, 15) is 9.59 Å². The van der Waals surface area contributed by atoms with Crippen LogP contribution in [0.5, 0.6) is 0 Å². The molecule has 0 saturated carbocycles. The SMILES string of the molecule is N[C@@H]1CN(C(=O)Cn2nc3ccccn3c2=O)C[C@H]1c1ccccc1. The van der Waals surface area contributed by atoms with Crippen molar-refractivity contribution < 1.29 is 4.79 Å². The molecular weight excluding hydrogens is 318 g/mol. The van der Waals surface area contributed by atoms with Crippen LogP contribution in [0, 0.1) is 0 Å². The molecular formula is C18H19N5O2. The molecule has 2 N–H and O–H groups in total. The third-order valence-electron chi connectivity index (χ3n) is 4.72. The Morgan fingerprint density at radius 1 is 1.12 bits per heavy atom. The van der Waals surface area contributed by atoms with Crippen molar-refractivity contribution in [3.63, 3.8) is 0 Å². The Balaban J connectivity index is 1.52. The number of hydrogen-bond donors (Lipinski definition) is 1. The molecule has 7 nitrogen and oxygen atoms in total. The van der Waals surface area contributed by atoms with Crippen molar-refractivity contribution in [1.29, 1.82) is 0 Å². The Kier molecular flexibility index (Phi) is 3.85. The molecule has 0 radical (unpaired) electrons. The van der Waals surface area contributed by atoms with E-state index in [2.05, 4.69) is 5.10 Å². The summed E-state index contributed by atoms with van der Waals surface area (Å²) in [5.41, 5.74) is 7.59. The number of nitrogens with zero attached hydrogens (tertiary/aromatic N) is 4. The Bertz CT molecular complexity index is 962. The molecule has 3 heterocycles. The van der Waals surface area contributed by atoms with Crippen LogP contribution in [0.3, 0.4) is 0 Å². The molecule has 4 rings (SSSR count). The van der Waals surface area contributed by atoms with Gasteiger partial charge in [0.15, 0.2) is 5.65 Å². The second-order valence-corrected chi connectivity index (χ2v) is 6.35. The lowest BCUT2D eigenvalue weighted by molar-refractivity contribution is -0.131. The second kappa shape index (κ2) is 6.18. The van der Waals surface area contributed by atoms with Gasteiger partial charge >= 0.3 is 5.69 Å². The zero-order valence-corrected chi connectivity index (χ0v) is 13.7. The molecule has 3 aromatic rings. The van der Waals surface area contributed by atoms with E-state index in [0.29, 0.717) is 18.7 Å². The molecule has 25 heavy (non-hydrogen) atoms. The van der Waals surface area contributed by atoms with E-state index in [1.54, 1.807) is 29.3 Å². The van der Waals surface area contributed by atoms with Gasteiger partial charge in [-0.15, -0.1) is 5.10 Å². The van der Waals surface area contributed by atoms with Crippen LogP contribution in [0.2, 0.25) is 0 Å². The summed E-state index contributed by atoms with van der Waals surface area (Å²) in [6.07, 6.45) is 1.64. The average molecular weight is 337 g/mol. The fourth-order valence-electron chi connectivity index (χ4n) is 3.38. The Morgan fingerprint density at radius 2 is 1.88 bits per heavy atom. The number of aromatic nitrogens is 3. The van der Waals surface area contributed by atoms with Crippen molar-refractivity contribution in [3.05, 3.63) is 70.8 Å². The molecule has 128 valence electrons. The average Bonchev–Trinajstić information content (AvgIpc) is 3.17. The molecule has 2 atom stereocenters. The van der Waals surface area contributed by atoms with Crippen molar-refractivity contribution >= 4 is 11.6 Å². The van der Waals surface area contributed by atoms with Gasteiger partial charge in [0.05, 0.1) is 0 Å². The van der Waals surface area contributed by atoms with Crippen molar-refractivity contribution in [2.24, 2.45) is 5.73 Å². The highest BCUT2D eigenvalue weighted by Gasteiger charge is 2.34. The first-order valence-electron chi connectivity index (χ1n) is 8.26. The predicted octanol–water partition coefficient (Wildman–Crippen LogP) is 0.449. The van der Waals surface area contributed by atoms with E-state index in [4.69, 9.17) is 5.73 Å². The fourth-order valence-corrected chi connectivity index (χ4v) is 3.38. The number of likely N-dealkylation sites (tertiary alicyclic amines) is 1. The van der Waals surface area contributed by atoms with E-state index in [1.807, 2.05) is 30.3 Å². The van der Waals surface area contributed by atoms with E-state index < -0.39 is 0 Å². The molecule has 1 saturated heterocycles. The highest BCUT2D eigenvalue weighted by Crippen LogP contribution is 2.26. The summed E-state index contributed by atoms with van der Waals surface area (Å²) in [7, 11) is 0.